The number of hydrogen-bond donors (Lipinski definition) is 1. The van der Waals surface area contributed by atoms with Gasteiger partial charge in [0.05, 0.1) is 5.60 Å². The van der Waals surface area contributed by atoms with E-state index in [-0.39, 0.29) is 0 Å². The van der Waals surface area contributed by atoms with Gasteiger partial charge in [-0.15, -0.1) is 0 Å². The molecule has 2 aliphatic rings. The second-order valence-corrected chi connectivity index (χ2v) is 6.14. The van der Waals surface area contributed by atoms with Gasteiger partial charge in [0.2, 0.25) is 0 Å². The molecule has 0 aromatic heterocycles. The largest absolute Gasteiger partial charge is 0.386 e. The van der Waals surface area contributed by atoms with Crippen molar-refractivity contribution >= 4 is 0 Å². The lowest BCUT2D eigenvalue weighted by Gasteiger charge is -2.36. The molecule has 1 fully saturated rings. The molecule has 0 aromatic carbocycles. The molecule has 14 heavy (non-hydrogen) atoms. The summed E-state index contributed by atoms with van der Waals surface area (Å²) < 4.78 is 0. The molecule has 0 saturated heterocycles. The summed E-state index contributed by atoms with van der Waals surface area (Å²) in [6.45, 7) is 6.84. The quantitative estimate of drug-likeness (QED) is 0.636. The van der Waals surface area contributed by atoms with Crippen LogP contribution in [-0.2, 0) is 0 Å². The van der Waals surface area contributed by atoms with E-state index in [4.69, 9.17) is 0 Å². The van der Waals surface area contributed by atoms with Crippen LogP contribution < -0.4 is 0 Å². The van der Waals surface area contributed by atoms with Crippen molar-refractivity contribution in [3.8, 4) is 0 Å². The highest BCUT2D eigenvalue weighted by molar-refractivity contribution is 5.14. The summed E-state index contributed by atoms with van der Waals surface area (Å²) in [5.41, 5.74) is -0.0941. The van der Waals surface area contributed by atoms with E-state index in [0.29, 0.717) is 17.3 Å². The van der Waals surface area contributed by atoms with E-state index in [1.807, 2.05) is 0 Å². The normalized spacial score (nSPS) is 38.7. The van der Waals surface area contributed by atoms with Crippen molar-refractivity contribution in [1.29, 1.82) is 0 Å². The molecule has 2 unspecified atom stereocenters. The average Bonchev–Trinajstić information content (AvgIpc) is 2.85. The van der Waals surface area contributed by atoms with Gasteiger partial charge in [0.15, 0.2) is 0 Å². The first-order valence-electron chi connectivity index (χ1n) is 5.83. The van der Waals surface area contributed by atoms with E-state index in [9.17, 15) is 5.11 Å². The van der Waals surface area contributed by atoms with Gasteiger partial charge >= 0.3 is 0 Å². The monoisotopic (exact) mass is 194 g/mol. The number of rotatable bonds is 1. The average molecular weight is 194 g/mol. The van der Waals surface area contributed by atoms with Crippen molar-refractivity contribution in [2.45, 2.75) is 52.1 Å². The van der Waals surface area contributed by atoms with Crippen LogP contribution in [0.3, 0.4) is 0 Å². The zero-order chi connectivity index (χ0) is 10.4. The third kappa shape index (κ3) is 1.88. The van der Waals surface area contributed by atoms with E-state index in [1.54, 1.807) is 0 Å². The lowest BCUT2D eigenvalue weighted by Crippen LogP contribution is -2.34. The van der Waals surface area contributed by atoms with E-state index in [2.05, 4.69) is 32.9 Å². The summed E-state index contributed by atoms with van der Waals surface area (Å²) in [4.78, 5) is 0. The topological polar surface area (TPSA) is 20.2 Å². The van der Waals surface area contributed by atoms with Gasteiger partial charge in [0, 0.05) is 0 Å². The fourth-order valence-electron chi connectivity index (χ4n) is 2.49. The SMILES string of the molecule is CC(C)(C)C1C=CC(O)(C2CC2)CC1. The zero-order valence-corrected chi connectivity index (χ0v) is 9.59. The van der Waals surface area contributed by atoms with Crippen LogP contribution in [0.4, 0.5) is 0 Å². The number of aliphatic hydroxyl groups is 1. The van der Waals surface area contributed by atoms with Gasteiger partial charge in [-0.2, -0.15) is 0 Å². The first kappa shape index (κ1) is 10.2. The molecule has 0 amide bonds. The molecule has 0 aromatic rings. The Morgan fingerprint density at radius 3 is 2.21 bits per heavy atom. The summed E-state index contributed by atoms with van der Waals surface area (Å²) in [5, 5.41) is 10.3. The van der Waals surface area contributed by atoms with Crippen LogP contribution >= 0.6 is 0 Å². The lowest BCUT2D eigenvalue weighted by atomic mass is 9.71. The van der Waals surface area contributed by atoms with Crippen LogP contribution in [0.2, 0.25) is 0 Å². The molecule has 2 aliphatic carbocycles. The Balaban J connectivity index is 2.06. The Labute approximate surface area is 87.2 Å². The standard InChI is InChI=1S/C13H22O/c1-12(2,3)10-6-8-13(14,9-7-10)11-4-5-11/h6,8,10-11,14H,4-5,7,9H2,1-3H3. The molecule has 0 spiro atoms. The van der Waals surface area contributed by atoms with E-state index >= 15 is 0 Å². The van der Waals surface area contributed by atoms with E-state index in [0.717, 1.165) is 12.8 Å². The molecule has 80 valence electrons. The van der Waals surface area contributed by atoms with Crippen LogP contribution in [0.1, 0.15) is 46.5 Å². The number of allylic oxidation sites excluding steroid dienone is 1. The predicted octanol–water partition coefficient (Wildman–Crippen LogP) is 3.14. The molecule has 0 radical (unpaired) electrons. The van der Waals surface area contributed by atoms with Gasteiger partial charge in [0.1, 0.15) is 0 Å². The minimum absolute atomic E-state index is 0.349. The van der Waals surface area contributed by atoms with Gasteiger partial charge in [-0.1, -0.05) is 32.9 Å². The zero-order valence-electron chi connectivity index (χ0n) is 9.59. The summed E-state index contributed by atoms with van der Waals surface area (Å²) in [6.07, 6.45) is 8.90. The molecule has 1 nitrogen and oxygen atoms in total. The van der Waals surface area contributed by atoms with Crippen molar-refractivity contribution in [1.82, 2.24) is 0 Å². The maximum Gasteiger partial charge on any atom is 0.0856 e. The molecule has 0 heterocycles. The lowest BCUT2D eigenvalue weighted by molar-refractivity contribution is 0.0384. The maximum absolute atomic E-state index is 10.3. The van der Waals surface area contributed by atoms with E-state index < -0.39 is 5.60 Å². The summed E-state index contributed by atoms with van der Waals surface area (Å²) in [6, 6.07) is 0. The second kappa shape index (κ2) is 3.10. The minimum atomic E-state index is -0.443. The molecule has 1 heteroatoms. The number of hydrogen-bond acceptors (Lipinski definition) is 1. The Hall–Kier alpha value is -0.300. The van der Waals surface area contributed by atoms with Crippen LogP contribution in [-0.4, -0.2) is 10.7 Å². The maximum atomic E-state index is 10.3. The summed E-state index contributed by atoms with van der Waals surface area (Å²) in [7, 11) is 0. The fourth-order valence-corrected chi connectivity index (χ4v) is 2.49. The van der Waals surface area contributed by atoms with Crippen LogP contribution in [0.5, 0.6) is 0 Å². The molecular formula is C13H22O. The van der Waals surface area contributed by atoms with Gasteiger partial charge in [-0.25, -0.2) is 0 Å². The summed E-state index contributed by atoms with van der Waals surface area (Å²) in [5.74, 6) is 1.21. The van der Waals surface area contributed by atoms with Crippen LogP contribution in [0.25, 0.3) is 0 Å². The van der Waals surface area contributed by atoms with E-state index in [1.165, 1.54) is 12.8 Å². The predicted molar refractivity (Wildman–Crippen MR) is 59.0 cm³/mol. The minimum Gasteiger partial charge on any atom is -0.386 e. The fraction of sp³-hybridized carbons (Fsp3) is 0.846. The van der Waals surface area contributed by atoms with Crippen LogP contribution in [0, 0.1) is 17.3 Å². The van der Waals surface area contributed by atoms with Gasteiger partial charge < -0.3 is 5.11 Å². The molecule has 0 bridgehead atoms. The smallest absolute Gasteiger partial charge is 0.0856 e. The molecule has 2 atom stereocenters. The first-order chi connectivity index (χ1) is 6.42. The molecule has 2 rings (SSSR count). The highest BCUT2D eigenvalue weighted by Gasteiger charge is 2.44. The molecule has 0 aliphatic heterocycles. The van der Waals surface area contributed by atoms with Gasteiger partial charge in [-0.05, 0) is 42.9 Å². The summed E-state index contributed by atoms with van der Waals surface area (Å²) >= 11 is 0. The van der Waals surface area contributed by atoms with Gasteiger partial charge in [-0.3, -0.25) is 0 Å². The highest BCUT2D eigenvalue weighted by Crippen LogP contribution is 2.47. The molecule has 1 N–H and O–H groups in total. The Morgan fingerprint density at radius 2 is 1.86 bits per heavy atom. The van der Waals surface area contributed by atoms with Crippen molar-refractivity contribution in [3.63, 3.8) is 0 Å². The highest BCUT2D eigenvalue weighted by atomic mass is 16.3. The van der Waals surface area contributed by atoms with Crippen molar-refractivity contribution in [3.05, 3.63) is 12.2 Å². The van der Waals surface area contributed by atoms with Gasteiger partial charge in [0.25, 0.3) is 0 Å². The molecule has 1 saturated carbocycles. The third-order valence-electron chi connectivity index (χ3n) is 3.87. The van der Waals surface area contributed by atoms with Crippen molar-refractivity contribution < 1.29 is 5.11 Å². The first-order valence-corrected chi connectivity index (χ1v) is 5.83. The van der Waals surface area contributed by atoms with Crippen molar-refractivity contribution in [2.24, 2.45) is 17.3 Å². The molecular weight excluding hydrogens is 172 g/mol. The van der Waals surface area contributed by atoms with Crippen LogP contribution in [0.15, 0.2) is 12.2 Å². The van der Waals surface area contributed by atoms with Crippen molar-refractivity contribution in [2.75, 3.05) is 0 Å². The Bertz CT molecular complexity index is 244. The Morgan fingerprint density at radius 1 is 1.21 bits per heavy atom. The second-order valence-electron chi connectivity index (χ2n) is 6.14. The third-order valence-corrected chi connectivity index (χ3v) is 3.87. The Kier molecular flexibility index (Phi) is 2.26.